The quantitative estimate of drug-likeness (QED) is 0.783. The van der Waals surface area contributed by atoms with E-state index in [0.717, 1.165) is 31.4 Å². The molecule has 1 aliphatic carbocycles. The molecule has 0 bridgehead atoms. The van der Waals surface area contributed by atoms with Crippen LogP contribution < -0.4 is 5.32 Å². The maximum absolute atomic E-state index is 12.7. The second kappa shape index (κ2) is 4.16. The number of rotatable bonds is 0. The van der Waals surface area contributed by atoms with E-state index in [4.69, 9.17) is 0 Å². The number of fused-ring (bicyclic) bond motifs is 1. The van der Waals surface area contributed by atoms with Crippen LogP contribution in [0.25, 0.3) is 0 Å². The predicted octanol–water partition coefficient (Wildman–Crippen LogP) is 3.92. The Morgan fingerprint density at radius 1 is 1.26 bits per heavy atom. The van der Waals surface area contributed by atoms with Gasteiger partial charge in [-0.1, -0.05) is 6.42 Å². The van der Waals surface area contributed by atoms with Crippen molar-refractivity contribution in [1.82, 2.24) is 0 Å². The summed E-state index contributed by atoms with van der Waals surface area (Å²) in [6.07, 6.45) is -1.68. The summed E-state index contributed by atoms with van der Waals surface area (Å²) in [6.45, 7) is 0. The number of benzene rings is 1. The van der Waals surface area contributed by atoms with Gasteiger partial charge in [-0.05, 0) is 31.0 Å². The lowest BCUT2D eigenvalue weighted by Crippen LogP contribution is -2.43. The Morgan fingerprint density at radius 2 is 2.00 bits per heavy atom. The van der Waals surface area contributed by atoms with Crippen molar-refractivity contribution in [3.8, 4) is 0 Å². The van der Waals surface area contributed by atoms with Crippen molar-refractivity contribution >= 4 is 23.4 Å². The van der Waals surface area contributed by atoms with Crippen LogP contribution in [0.2, 0.25) is 0 Å². The summed E-state index contributed by atoms with van der Waals surface area (Å²) in [5.41, 5.74) is -0.549. The zero-order valence-electron chi connectivity index (χ0n) is 10.0. The molecule has 0 radical (unpaired) electrons. The standard InChI is InChI=1S/C13H12F3NOS/c14-13(15,16)8-2-3-9-10(6-8)19-7-12(4-1-5-12)11(18)17-9/h2-3,6H,1,4-5,7H2,(H,17,18). The van der Waals surface area contributed by atoms with Crippen molar-refractivity contribution in [2.45, 2.75) is 30.3 Å². The molecule has 1 fully saturated rings. The first-order valence-corrected chi connectivity index (χ1v) is 7.05. The van der Waals surface area contributed by atoms with Crippen molar-refractivity contribution in [1.29, 1.82) is 0 Å². The topological polar surface area (TPSA) is 29.1 Å². The van der Waals surface area contributed by atoms with E-state index in [9.17, 15) is 18.0 Å². The molecule has 0 atom stereocenters. The number of halogens is 3. The molecule has 1 saturated carbocycles. The van der Waals surface area contributed by atoms with E-state index in [1.54, 1.807) is 0 Å². The Balaban J connectivity index is 1.94. The fourth-order valence-electron chi connectivity index (χ4n) is 2.43. The number of thioether (sulfide) groups is 1. The van der Waals surface area contributed by atoms with Gasteiger partial charge in [0.15, 0.2) is 0 Å². The second-order valence-corrected chi connectivity index (χ2v) is 6.10. The fourth-order valence-corrected chi connectivity index (χ4v) is 3.77. The zero-order valence-corrected chi connectivity index (χ0v) is 10.8. The molecule has 0 aromatic heterocycles. The maximum Gasteiger partial charge on any atom is 0.416 e. The number of nitrogens with one attached hydrogen (secondary N) is 1. The lowest BCUT2D eigenvalue weighted by Gasteiger charge is -2.38. The van der Waals surface area contributed by atoms with Crippen LogP contribution in [-0.4, -0.2) is 11.7 Å². The van der Waals surface area contributed by atoms with Gasteiger partial charge >= 0.3 is 6.18 Å². The van der Waals surface area contributed by atoms with Crippen LogP contribution >= 0.6 is 11.8 Å². The molecule has 1 N–H and O–H groups in total. The van der Waals surface area contributed by atoms with Crippen molar-refractivity contribution in [2.75, 3.05) is 11.1 Å². The summed E-state index contributed by atoms with van der Waals surface area (Å²) in [4.78, 5) is 12.6. The van der Waals surface area contributed by atoms with Gasteiger partial charge in [0.05, 0.1) is 16.7 Å². The van der Waals surface area contributed by atoms with Gasteiger partial charge in [-0.2, -0.15) is 13.2 Å². The molecule has 1 aliphatic heterocycles. The van der Waals surface area contributed by atoms with E-state index in [-0.39, 0.29) is 11.3 Å². The lowest BCUT2D eigenvalue weighted by atomic mass is 9.69. The van der Waals surface area contributed by atoms with Gasteiger partial charge in [-0.15, -0.1) is 11.8 Å². The monoisotopic (exact) mass is 287 g/mol. The van der Waals surface area contributed by atoms with E-state index in [1.807, 2.05) is 0 Å². The normalized spacial score (nSPS) is 21.3. The average Bonchev–Trinajstić information content (AvgIpc) is 2.42. The molecule has 6 heteroatoms. The average molecular weight is 287 g/mol. The Morgan fingerprint density at radius 3 is 2.58 bits per heavy atom. The number of anilines is 1. The highest BCUT2D eigenvalue weighted by Crippen LogP contribution is 2.49. The smallest absolute Gasteiger partial charge is 0.325 e. The van der Waals surface area contributed by atoms with Crippen LogP contribution in [-0.2, 0) is 11.0 Å². The van der Waals surface area contributed by atoms with E-state index < -0.39 is 11.7 Å². The predicted molar refractivity (Wildman–Crippen MR) is 67.1 cm³/mol. The third-order valence-corrected chi connectivity index (χ3v) is 5.20. The molecule has 0 saturated heterocycles. The third kappa shape index (κ3) is 2.12. The summed E-state index contributed by atoms with van der Waals surface area (Å²) in [5.74, 6) is 0.511. The minimum Gasteiger partial charge on any atom is -0.325 e. The Bertz CT molecular complexity index is 537. The first-order chi connectivity index (χ1) is 8.91. The third-order valence-electron chi connectivity index (χ3n) is 3.85. The minimum atomic E-state index is -4.35. The number of hydrogen-bond acceptors (Lipinski definition) is 2. The number of carbonyl (C=O) groups is 1. The number of alkyl halides is 3. The molecular formula is C13H12F3NOS. The van der Waals surface area contributed by atoms with Crippen LogP contribution in [0.5, 0.6) is 0 Å². The highest BCUT2D eigenvalue weighted by atomic mass is 32.2. The molecular weight excluding hydrogens is 275 g/mol. The summed E-state index contributed by atoms with van der Waals surface area (Å²) in [7, 11) is 0. The summed E-state index contributed by atoms with van der Waals surface area (Å²) in [6, 6.07) is 3.48. The fraction of sp³-hybridized carbons (Fsp3) is 0.462. The molecule has 1 aromatic rings. The molecule has 2 aliphatic rings. The van der Waals surface area contributed by atoms with E-state index in [0.29, 0.717) is 16.3 Å². The second-order valence-electron chi connectivity index (χ2n) is 5.09. The highest BCUT2D eigenvalue weighted by molar-refractivity contribution is 7.99. The largest absolute Gasteiger partial charge is 0.416 e. The van der Waals surface area contributed by atoms with Gasteiger partial charge in [-0.3, -0.25) is 4.79 Å². The molecule has 2 nitrogen and oxygen atoms in total. The number of amides is 1. The number of hydrogen-bond donors (Lipinski definition) is 1. The summed E-state index contributed by atoms with van der Waals surface area (Å²) >= 11 is 1.34. The van der Waals surface area contributed by atoms with Crippen LogP contribution in [0.4, 0.5) is 18.9 Å². The van der Waals surface area contributed by atoms with Crippen LogP contribution in [0, 0.1) is 5.41 Å². The Hall–Kier alpha value is -1.17. The first-order valence-electron chi connectivity index (χ1n) is 6.06. The Labute approximate surface area is 112 Å². The van der Waals surface area contributed by atoms with Crippen molar-refractivity contribution in [3.63, 3.8) is 0 Å². The van der Waals surface area contributed by atoms with Crippen molar-refractivity contribution < 1.29 is 18.0 Å². The van der Waals surface area contributed by atoms with Gasteiger partial charge < -0.3 is 5.32 Å². The van der Waals surface area contributed by atoms with Crippen molar-refractivity contribution in [2.24, 2.45) is 5.41 Å². The summed E-state index contributed by atoms with van der Waals surface area (Å²) in [5, 5.41) is 2.77. The molecule has 1 heterocycles. The molecule has 19 heavy (non-hydrogen) atoms. The van der Waals surface area contributed by atoms with Crippen molar-refractivity contribution in [3.05, 3.63) is 23.8 Å². The van der Waals surface area contributed by atoms with E-state index >= 15 is 0 Å². The SMILES string of the molecule is O=C1Nc2ccc(C(F)(F)F)cc2SCC12CCC2. The van der Waals surface area contributed by atoms with E-state index in [2.05, 4.69) is 5.32 Å². The molecule has 1 amide bonds. The van der Waals surface area contributed by atoms with Crippen LogP contribution in [0.1, 0.15) is 24.8 Å². The molecule has 1 spiro atoms. The van der Waals surface area contributed by atoms with Gasteiger partial charge in [-0.25, -0.2) is 0 Å². The Kier molecular flexibility index (Phi) is 2.81. The van der Waals surface area contributed by atoms with Gasteiger partial charge in [0.2, 0.25) is 5.91 Å². The molecule has 1 aromatic carbocycles. The number of carbonyl (C=O) groups excluding carboxylic acids is 1. The molecule has 0 unspecified atom stereocenters. The van der Waals surface area contributed by atoms with Crippen LogP contribution in [0.3, 0.4) is 0 Å². The molecule has 102 valence electrons. The lowest BCUT2D eigenvalue weighted by molar-refractivity contribution is -0.137. The van der Waals surface area contributed by atoms with Gasteiger partial charge in [0.1, 0.15) is 0 Å². The highest BCUT2D eigenvalue weighted by Gasteiger charge is 2.45. The zero-order chi connectivity index (χ0) is 13.7. The van der Waals surface area contributed by atoms with E-state index in [1.165, 1.54) is 17.8 Å². The molecule has 3 rings (SSSR count). The first kappa shape index (κ1) is 12.8. The minimum absolute atomic E-state index is 0.0511. The van der Waals surface area contributed by atoms with Gasteiger partial charge in [0, 0.05) is 10.6 Å². The summed E-state index contributed by atoms with van der Waals surface area (Å²) < 4.78 is 38.0. The van der Waals surface area contributed by atoms with Gasteiger partial charge in [0.25, 0.3) is 0 Å². The maximum atomic E-state index is 12.7. The van der Waals surface area contributed by atoms with Crippen LogP contribution in [0.15, 0.2) is 23.1 Å².